The summed E-state index contributed by atoms with van der Waals surface area (Å²) < 4.78 is 0. The smallest absolute Gasteiger partial charge is 0.322 e. The molecule has 0 aliphatic heterocycles. The van der Waals surface area contributed by atoms with Crippen LogP contribution in [0.1, 0.15) is 35.6 Å². The minimum Gasteiger partial charge on any atom is -0.396 e. The molecule has 0 spiro atoms. The van der Waals surface area contributed by atoms with E-state index in [1.165, 1.54) is 11.1 Å². The predicted molar refractivity (Wildman–Crippen MR) is 96.1 cm³/mol. The standard InChI is InChI=1S/C20H24N2O2/c1-15-7-2-5-10-18(15)21-20(24)22(13-6-14-23)19-12-11-16-8-3-4-9-17(16)19/h2-5,7-10,19,23H,6,11-14H2,1H3,(H,21,24). The molecule has 0 bridgehead atoms. The molecular formula is C20H24N2O2. The molecule has 1 atom stereocenters. The number of urea groups is 1. The molecular weight excluding hydrogens is 300 g/mol. The summed E-state index contributed by atoms with van der Waals surface area (Å²) in [6, 6.07) is 16.1. The summed E-state index contributed by atoms with van der Waals surface area (Å²) in [4.78, 5) is 14.8. The first-order valence-electron chi connectivity index (χ1n) is 8.52. The monoisotopic (exact) mass is 324 g/mol. The summed E-state index contributed by atoms with van der Waals surface area (Å²) in [6.07, 6.45) is 2.51. The van der Waals surface area contributed by atoms with E-state index in [9.17, 15) is 9.90 Å². The van der Waals surface area contributed by atoms with Gasteiger partial charge in [-0.3, -0.25) is 0 Å². The molecule has 2 amide bonds. The Bertz CT molecular complexity index is 714. The zero-order valence-corrected chi connectivity index (χ0v) is 14.0. The van der Waals surface area contributed by atoms with Crippen molar-refractivity contribution in [3.63, 3.8) is 0 Å². The molecule has 0 saturated carbocycles. The fourth-order valence-corrected chi connectivity index (χ4v) is 3.40. The quantitative estimate of drug-likeness (QED) is 0.876. The minimum atomic E-state index is -0.0977. The fourth-order valence-electron chi connectivity index (χ4n) is 3.40. The Kier molecular flexibility index (Phi) is 5.16. The maximum absolute atomic E-state index is 12.9. The second-order valence-electron chi connectivity index (χ2n) is 6.27. The SMILES string of the molecule is Cc1ccccc1NC(=O)N(CCCO)C1CCc2ccccc21. The average Bonchev–Trinajstić information content (AvgIpc) is 3.01. The molecule has 0 radical (unpaired) electrons. The lowest BCUT2D eigenvalue weighted by atomic mass is 10.1. The number of aliphatic hydroxyl groups is 1. The molecule has 4 heteroatoms. The third-order valence-electron chi connectivity index (χ3n) is 4.68. The first-order chi connectivity index (χ1) is 11.7. The molecule has 2 aromatic carbocycles. The van der Waals surface area contributed by atoms with E-state index in [2.05, 4.69) is 17.4 Å². The molecule has 0 saturated heterocycles. The number of carbonyl (C=O) groups is 1. The third kappa shape index (κ3) is 3.44. The number of nitrogens with one attached hydrogen (secondary N) is 1. The van der Waals surface area contributed by atoms with Gasteiger partial charge in [0.15, 0.2) is 0 Å². The van der Waals surface area contributed by atoms with Crippen LogP contribution in [0.4, 0.5) is 10.5 Å². The van der Waals surface area contributed by atoms with E-state index in [0.717, 1.165) is 24.1 Å². The van der Waals surface area contributed by atoms with Crippen LogP contribution in [-0.2, 0) is 6.42 Å². The van der Waals surface area contributed by atoms with Gasteiger partial charge in [0.1, 0.15) is 0 Å². The number of para-hydroxylation sites is 1. The maximum Gasteiger partial charge on any atom is 0.322 e. The molecule has 126 valence electrons. The largest absolute Gasteiger partial charge is 0.396 e. The van der Waals surface area contributed by atoms with Crippen LogP contribution in [0.3, 0.4) is 0 Å². The number of rotatable bonds is 5. The summed E-state index contributed by atoms with van der Waals surface area (Å²) in [5.41, 5.74) is 4.43. The van der Waals surface area contributed by atoms with Gasteiger partial charge >= 0.3 is 6.03 Å². The van der Waals surface area contributed by atoms with Crippen LogP contribution in [0.2, 0.25) is 0 Å². The van der Waals surface area contributed by atoms with Crippen molar-refractivity contribution in [1.82, 2.24) is 4.90 Å². The first kappa shape index (κ1) is 16.5. The van der Waals surface area contributed by atoms with Crippen LogP contribution in [-0.4, -0.2) is 29.2 Å². The number of benzene rings is 2. The number of nitrogens with zero attached hydrogens (tertiary/aromatic N) is 1. The second kappa shape index (κ2) is 7.49. The lowest BCUT2D eigenvalue weighted by molar-refractivity contribution is 0.177. The minimum absolute atomic E-state index is 0.0803. The fraction of sp³-hybridized carbons (Fsp3) is 0.350. The van der Waals surface area contributed by atoms with Crippen LogP contribution < -0.4 is 5.32 Å². The van der Waals surface area contributed by atoms with E-state index in [1.54, 1.807) is 0 Å². The van der Waals surface area contributed by atoms with E-state index < -0.39 is 0 Å². The molecule has 2 N–H and O–H groups in total. The number of hydrogen-bond donors (Lipinski definition) is 2. The van der Waals surface area contributed by atoms with Gasteiger partial charge in [-0.1, -0.05) is 42.5 Å². The molecule has 4 nitrogen and oxygen atoms in total. The van der Waals surface area contributed by atoms with E-state index in [1.807, 2.05) is 48.2 Å². The van der Waals surface area contributed by atoms with Crippen LogP contribution in [0.15, 0.2) is 48.5 Å². The van der Waals surface area contributed by atoms with Gasteiger partial charge in [0.25, 0.3) is 0 Å². The van der Waals surface area contributed by atoms with Crippen LogP contribution in [0.25, 0.3) is 0 Å². The molecule has 0 fully saturated rings. The third-order valence-corrected chi connectivity index (χ3v) is 4.68. The topological polar surface area (TPSA) is 52.6 Å². The van der Waals surface area contributed by atoms with Gasteiger partial charge in [-0.25, -0.2) is 4.79 Å². The van der Waals surface area contributed by atoms with Gasteiger partial charge in [-0.2, -0.15) is 0 Å². The van der Waals surface area contributed by atoms with Crippen LogP contribution >= 0.6 is 0 Å². The lowest BCUT2D eigenvalue weighted by Gasteiger charge is -2.30. The molecule has 2 aromatic rings. The second-order valence-corrected chi connectivity index (χ2v) is 6.27. The highest BCUT2D eigenvalue weighted by atomic mass is 16.3. The molecule has 1 aliphatic carbocycles. The van der Waals surface area contributed by atoms with Crippen molar-refractivity contribution in [3.05, 3.63) is 65.2 Å². The highest BCUT2D eigenvalue weighted by molar-refractivity contribution is 5.90. The number of hydrogen-bond acceptors (Lipinski definition) is 2. The summed E-state index contributed by atoms with van der Waals surface area (Å²) in [5, 5.41) is 12.2. The zero-order chi connectivity index (χ0) is 16.9. The molecule has 24 heavy (non-hydrogen) atoms. The Balaban J connectivity index is 1.82. The number of amides is 2. The summed E-state index contributed by atoms with van der Waals surface area (Å²) >= 11 is 0. The zero-order valence-electron chi connectivity index (χ0n) is 14.0. The van der Waals surface area contributed by atoms with E-state index in [-0.39, 0.29) is 18.7 Å². The highest BCUT2D eigenvalue weighted by Gasteiger charge is 2.30. The van der Waals surface area contributed by atoms with Crippen molar-refractivity contribution in [2.24, 2.45) is 0 Å². The van der Waals surface area contributed by atoms with Crippen molar-refractivity contribution in [2.75, 3.05) is 18.5 Å². The normalized spacial score (nSPS) is 15.8. The molecule has 3 rings (SSSR count). The summed E-state index contributed by atoms with van der Waals surface area (Å²) in [7, 11) is 0. The first-order valence-corrected chi connectivity index (χ1v) is 8.52. The summed E-state index contributed by atoms with van der Waals surface area (Å²) in [6.45, 7) is 2.62. The van der Waals surface area contributed by atoms with E-state index >= 15 is 0 Å². The van der Waals surface area contributed by atoms with Gasteiger partial charge in [0, 0.05) is 18.8 Å². The molecule has 1 aliphatic rings. The number of carbonyl (C=O) groups excluding carboxylic acids is 1. The van der Waals surface area contributed by atoms with E-state index in [4.69, 9.17) is 0 Å². The number of fused-ring (bicyclic) bond motifs is 1. The molecule has 0 heterocycles. The number of aliphatic hydroxyl groups excluding tert-OH is 1. The van der Waals surface area contributed by atoms with Crippen molar-refractivity contribution in [3.8, 4) is 0 Å². The van der Waals surface area contributed by atoms with Crippen LogP contribution in [0, 0.1) is 6.92 Å². The highest BCUT2D eigenvalue weighted by Crippen LogP contribution is 2.36. The number of aryl methyl sites for hydroxylation is 2. The summed E-state index contributed by atoms with van der Waals surface area (Å²) in [5.74, 6) is 0. The Hall–Kier alpha value is -2.33. The van der Waals surface area contributed by atoms with Gasteiger partial charge < -0.3 is 15.3 Å². The predicted octanol–water partition coefficient (Wildman–Crippen LogP) is 3.90. The van der Waals surface area contributed by atoms with Crippen LogP contribution in [0.5, 0.6) is 0 Å². The lowest BCUT2D eigenvalue weighted by Crippen LogP contribution is -2.38. The van der Waals surface area contributed by atoms with Gasteiger partial charge in [-0.15, -0.1) is 0 Å². The average molecular weight is 324 g/mol. The van der Waals surface area contributed by atoms with Gasteiger partial charge in [-0.05, 0) is 48.9 Å². The van der Waals surface area contributed by atoms with E-state index in [0.29, 0.717) is 13.0 Å². The Morgan fingerprint density at radius 3 is 2.75 bits per heavy atom. The Labute approximate surface area is 143 Å². The Morgan fingerprint density at radius 1 is 1.21 bits per heavy atom. The van der Waals surface area contributed by atoms with Crippen molar-refractivity contribution in [2.45, 2.75) is 32.2 Å². The molecule has 0 aromatic heterocycles. The van der Waals surface area contributed by atoms with Crippen molar-refractivity contribution < 1.29 is 9.90 Å². The number of anilines is 1. The van der Waals surface area contributed by atoms with Crippen molar-refractivity contribution >= 4 is 11.7 Å². The van der Waals surface area contributed by atoms with Gasteiger partial charge in [0.05, 0.1) is 6.04 Å². The van der Waals surface area contributed by atoms with Crippen molar-refractivity contribution in [1.29, 1.82) is 0 Å². The molecule has 1 unspecified atom stereocenters. The van der Waals surface area contributed by atoms with Gasteiger partial charge in [0.2, 0.25) is 0 Å². The Morgan fingerprint density at radius 2 is 1.96 bits per heavy atom. The maximum atomic E-state index is 12.9.